The molecule has 1 aliphatic carbocycles. The van der Waals surface area contributed by atoms with Gasteiger partial charge in [0.15, 0.2) is 0 Å². The monoisotopic (exact) mass is 237 g/mol. The van der Waals surface area contributed by atoms with Crippen LogP contribution in [-0.2, 0) is 4.79 Å². The van der Waals surface area contributed by atoms with Gasteiger partial charge in [-0.05, 0) is 38.3 Å². The molecule has 2 rings (SSSR count). The van der Waals surface area contributed by atoms with Crippen molar-refractivity contribution in [1.82, 2.24) is 5.32 Å². The molecule has 0 spiro atoms. The largest absolute Gasteiger partial charge is 0.317 e. The topological polar surface area (TPSA) is 29.1 Å². The lowest BCUT2D eigenvalue weighted by Gasteiger charge is -2.37. The van der Waals surface area contributed by atoms with Gasteiger partial charge in [-0.15, -0.1) is 0 Å². The second-order valence-electron chi connectivity index (χ2n) is 6.02. The summed E-state index contributed by atoms with van der Waals surface area (Å²) < 4.78 is 0. The smallest absolute Gasteiger partial charge is 0.139 e. The van der Waals surface area contributed by atoms with Crippen LogP contribution < -0.4 is 5.32 Å². The lowest BCUT2D eigenvalue weighted by atomic mass is 9.70. The highest BCUT2D eigenvalue weighted by Crippen LogP contribution is 2.37. The lowest BCUT2D eigenvalue weighted by molar-refractivity contribution is -0.131. The first-order valence-electron chi connectivity index (χ1n) is 7.51. The van der Waals surface area contributed by atoms with E-state index in [4.69, 9.17) is 0 Å². The predicted octanol–water partition coefficient (Wildman–Crippen LogP) is 3.31. The number of carbonyl (C=O) groups excluding carboxylic acids is 1. The van der Waals surface area contributed by atoms with Gasteiger partial charge >= 0.3 is 0 Å². The highest BCUT2D eigenvalue weighted by atomic mass is 16.1. The third-order valence-electron chi connectivity index (χ3n) is 5.03. The Balaban J connectivity index is 1.91. The van der Waals surface area contributed by atoms with E-state index in [2.05, 4.69) is 12.2 Å². The van der Waals surface area contributed by atoms with E-state index in [0.717, 1.165) is 38.8 Å². The van der Waals surface area contributed by atoms with Crippen LogP contribution in [0.15, 0.2) is 0 Å². The van der Waals surface area contributed by atoms with Gasteiger partial charge in [-0.25, -0.2) is 0 Å². The summed E-state index contributed by atoms with van der Waals surface area (Å²) in [5.74, 6) is 1.28. The molecule has 0 aromatic carbocycles. The molecule has 0 aromatic rings. The molecule has 1 saturated carbocycles. The summed E-state index contributed by atoms with van der Waals surface area (Å²) in [6, 6.07) is 0. The van der Waals surface area contributed by atoms with Crippen LogP contribution in [0.3, 0.4) is 0 Å². The molecule has 2 aliphatic rings. The fourth-order valence-corrected chi connectivity index (χ4v) is 3.60. The third kappa shape index (κ3) is 3.09. The Morgan fingerprint density at radius 3 is 2.41 bits per heavy atom. The van der Waals surface area contributed by atoms with Crippen LogP contribution in [0.25, 0.3) is 0 Å². The maximum atomic E-state index is 12.6. The quantitative estimate of drug-likeness (QED) is 0.813. The van der Waals surface area contributed by atoms with Gasteiger partial charge in [0.2, 0.25) is 0 Å². The summed E-state index contributed by atoms with van der Waals surface area (Å²) in [4.78, 5) is 12.6. The van der Waals surface area contributed by atoms with Crippen molar-refractivity contribution in [3.8, 4) is 0 Å². The molecule has 0 aromatic heterocycles. The van der Waals surface area contributed by atoms with Crippen LogP contribution in [0, 0.1) is 11.3 Å². The number of ketones is 1. The molecule has 17 heavy (non-hydrogen) atoms. The Labute approximate surface area is 106 Å². The fraction of sp³-hybridized carbons (Fsp3) is 0.933. The van der Waals surface area contributed by atoms with E-state index in [1.54, 1.807) is 0 Å². The standard InChI is InChI=1S/C15H27NO/c1-2-15(8-10-16-11-9-15)14(17)12-13-6-4-3-5-7-13/h13,16H,2-12H2,1H3. The Morgan fingerprint density at radius 1 is 1.18 bits per heavy atom. The van der Waals surface area contributed by atoms with Gasteiger partial charge in [0.1, 0.15) is 5.78 Å². The number of hydrogen-bond acceptors (Lipinski definition) is 2. The number of nitrogens with one attached hydrogen (secondary N) is 1. The molecule has 2 fully saturated rings. The molecule has 98 valence electrons. The summed E-state index contributed by atoms with van der Waals surface area (Å²) in [6.07, 6.45) is 10.7. The lowest BCUT2D eigenvalue weighted by Crippen LogP contribution is -2.42. The van der Waals surface area contributed by atoms with Crippen LogP contribution in [-0.4, -0.2) is 18.9 Å². The Bertz CT molecular complexity index is 250. The van der Waals surface area contributed by atoms with Crippen molar-refractivity contribution >= 4 is 5.78 Å². The zero-order valence-electron chi connectivity index (χ0n) is 11.3. The molecule has 2 nitrogen and oxygen atoms in total. The highest BCUT2D eigenvalue weighted by Gasteiger charge is 2.38. The average Bonchev–Trinajstić information content (AvgIpc) is 2.40. The minimum Gasteiger partial charge on any atom is -0.317 e. The van der Waals surface area contributed by atoms with Gasteiger partial charge in [-0.2, -0.15) is 0 Å². The van der Waals surface area contributed by atoms with Crippen LogP contribution >= 0.6 is 0 Å². The zero-order valence-corrected chi connectivity index (χ0v) is 11.3. The molecule has 1 aliphatic heterocycles. The van der Waals surface area contributed by atoms with Crippen molar-refractivity contribution in [3.05, 3.63) is 0 Å². The molecule has 1 saturated heterocycles. The number of Topliss-reactive ketones (excluding diaryl/α,β-unsaturated/α-hetero) is 1. The SMILES string of the molecule is CCC1(C(=O)CC2CCCCC2)CCNCC1. The third-order valence-corrected chi connectivity index (χ3v) is 5.03. The van der Waals surface area contributed by atoms with E-state index >= 15 is 0 Å². The minimum atomic E-state index is 0.0305. The van der Waals surface area contributed by atoms with Crippen molar-refractivity contribution in [3.63, 3.8) is 0 Å². The van der Waals surface area contributed by atoms with E-state index in [0.29, 0.717) is 11.7 Å². The molecular weight excluding hydrogens is 210 g/mol. The van der Waals surface area contributed by atoms with Gasteiger partial charge < -0.3 is 5.32 Å². The molecule has 0 unspecified atom stereocenters. The summed E-state index contributed by atoms with van der Waals surface area (Å²) in [5.41, 5.74) is 0.0305. The van der Waals surface area contributed by atoms with E-state index < -0.39 is 0 Å². The van der Waals surface area contributed by atoms with E-state index in [1.165, 1.54) is 32.1 Å². The zero-order chi connectivity index (χ0) is 12.1. The second-order valence-corrected chi connectivity index (χ2v) is 6.02. The van der Waals surface area contributed by atoms with Gasteiger partial charge in [0.05, 0.1) is 0 Å². The van der Waals surface area contributed by atoms with Crippen LogP contribution in [0.5, 0.6) is 0 Å². The Hall–Kier alpha value is -0.370. The fourth-order valence-electron chi connectivity index (χ4n) is 3.60. The van der Waals surface area contributed by atoms with Crippen molar-refractivity contribution in [2.75, 3.05) is 13.1 Å². The number of hydrogen-bond donors (Lipinski definition) is 1. The van der Waals surface area contributed by atoms with Gasteiger partial charge in [0, 0.05) is 11.8 Å². The summed E-state index contributed by atoms with van der Waals surface area (Å²) in [7, 11) is 0. The minimum absolute atomic E-state index is 0.0305. The normalized spacial score (nSPS) is 25.7. The first kappa shape index (κ1) is 13.1. The van der Waals surface area contributed by atoms with E-state index in [9.17, 15) is 4.79 Å². The van der Waals surface area contributed by atoms with Crippen LogP contribution in [0.4, 0.5) is 0 Å². The van der Waals surface area contributed by atoms with E-state index in [1.807, 2.05) is 0 Å². The van der Waals surface area contributed by atoms with Crippen molar-refractivity contribution in [1.29, 1.82) is 0 Å². The first-order chi connectivity index (χ1) is 8.27. The molecule has 1 N–H and O–H groups in total. The Kier molecular flexibility index (Phi) is 4.61. The highest BCUT2D eigenvalue weighted by molar-refractivity contribution is 5.85. The average molecular weight is 237 g/mol. The Morgan fingerprint density at radius 2 is 1.82 bits per heavy atom. The number of carbonyl (C=O) groups is 1. The molecular formula is C15H27NO. The summed E-state index contributed by atoms with van der Waals surface area (Å²) in [6.45, 7) is 4.26. The van der Waals surface area contributed by atoms with Crippen LogP contribution in [0.2, 0.25) is 0 Å². The molecule has 0 amide bonds. The summed E-state index contributed by atoms with van der Waals surface area (Å²) in [5, 5.41) is 3.38. The molecule has 0 atom stereocenters. The summed E-state index contributed by atoms with van der Waals surface area (Å²) >= 11 is 0. The van der Waals surface area contributed by atoms with E-state index in [-0.39, 0.29) is 5.41 Å². The van der Waals surface area contributed by atoms with Gasteiger partial charge in [-0.1, -0.05) is 39.0 Å². The van der Waals surface area contributed by atoms with Gasteiger partial charge in [-0.3, -0.25) is 4.79 Å². The number of rotatable bonds is 4. The number of piperidine rings is 1. The molecule has 1 heterocycles. The molecule has 0 radical (unpaired) electrons. The maximum absolute atomic E-state index is 12.6. The van der Waals surface area contributed by atoms with Crippen LogP contribution in [0.1, 0.15) is 64.7 Å². The van der Waals surface area contributed by atoms with Crippen molar-refractivity contribution < 1.29 is 4.79 Å². The predicted molar refractivity (Wildman–Crippen MR) is 71.0 cm³/mol. The molecule has 2 heteroatoms. The van der Waals surface area contributed by atoms with Crippen molar-refractivity contribution in [2.24, 2.45) is 11.3 Å². The van der Waals surface area contributed by atoms with Crippen molar-refractivity contribution in [2.45, 2.75) is 64.7 Å². The molecule has 0 bridgehead atoms. The first-order valence-corrected chi connectivity index (χ1v) is 7.51. The second kappa shape index (κ2) is 5.99. The maximum Gasteiger partial charge on any atom is 0.139 e. The van der Waals surface area contributed by atoms with Gasteiger partial charge in [0.25, 0.3) is 0 Å².